The number of nitrogens with zero attached hydrogens (tertiary/aromatic N) is 6. The molecule has 1 aromatic carbocycles. The highest BCUT2D eigenvalue weighted by Gasteiger charge is 2.35. The first-order valence-electron chi connectivity index (χ1n) is 15.3. The minimum atomic E-state index is -4.53. The summed E-state index contributed by atoms with van der Waals surface area (Å²) in [5, 5.41) is 14.3. The lowest BCUT2D eigenvalue weighted by Gasteiger charge is -2.31. The van der Waals surface area contributed by atoms with E-state index in [2.05, 4.69) is 32.1 Å². The van der Waals surface area contributed by atoms with Crippen LogP contribution < -0.4 is 15.1 Å². The highest BCUT2D eigenvalue weighted by Crippen LogP contribution is 2.41. The second-order valence-electron chi connectivity index (χ2n) is 11.7. The zero-order valence-electron chi connectivity index (χ0n) is 26.0. The fourth-order valence-corrected chi connectivity index (χ4v) is 6.92. The van der Waals surface area contributed by atoms with E-state index < -0.39 is 18.0 Å². The Bertz CT molecular complexity index is 1460. The van der Waals surface area contributed by atoms with Crippen molar-refractivity contribution < 1.29 is 27.8 Å². The molecule has 0 saturated carbocycles. The van der Waals surface area contributed by atoms with E-state index in [-0.39, 0.29) is 23.3 Å². The monoisotopic (exact) mass is 647 g/mol. The molecule has 0 spiro atoms. The molecule has 0 bridgehead atoms. The lowest BCUT2D eigenvalue weighted by molar-refractivity contribution is -0.148. The number of piperidine rings is 1. The van der Waals surface area contributed by atoms with Gasteiger partial charge in [0, 0.05) is 55.9 Å². The molecule has 2 aliphatic rings. The first-order chi connectivity index (χ1) is 21.4. The number of aliphatic hydroxyl groups is 1. The lowest BCUT2D eigenvalue weighted by Crippen LogP contribution is -2.37. The second kappa shape index (κ2) is 13.9. The number of alkyl halides is 3. The zero-order chi connectivity index (χ0) is 32.3. The molecule has 0 amide bonds. The molecular weight excluding hydrogens is 607 g/mol. The number of hydrogen-bond donors (Lipinski definition) is 2. The number of carbonyl (C=O) groups excluding carboxylic acids is 1. The third-order valence-corrected chi connectivity index (χ3v) is 9.40. The molecule has 2 fully saturated rings. The number of aliphatic hydroxyl groups excluding tert-OH is 1. The Morgan fingerprint density at radius 1 is 1.18 bits per heavy atom. The van der Waals surface area contributed by atoms with E-state index >= 15 is 0 Å². The summed E-state index contributed by atoms with van der Waals surface area (Å²) in [5.41, 5.74) is 0.451. The SMILES string of the molecule is CCOC(=O)C1CCN(c2cnc(C(O)Nc3nc(-c4ccc(N(C)C)c(C(F)(F)F)c4)c(CN4CCC[C@H]4C)s3)cn2)CC1. The minimum absolute atomic E-state index is 0.0790. The minimum Gasteiger partial charge on any atom is -0.466 e. The van der Waals surface area contributed by atoms with Crippen molar-refractivity contribution in [1.82, 2.24) is 19.9 Å². The molecule has 4 heterocycles. The Balaban J connectivity index is 1.34. The van der Waals surface area contributed by atoms with Crippen molar-refractivity contribution in [3.63, 3.8) is 0 Å². The van der Waals surface area contributed by atoms with Crippen molar-refractivity contribution in [1.29, 1.82) is 0 Å². The van der Waals surface area contributed by atoms with Crippen LogP contribution >= 0.6 is 11.3 Å². The van der Waals surface area contributed by atoms with E-state index in [1.54, 1.807) is 33.3 Å². The average molecular weight is 648 g/mol. The molecule has 1 unspecified atom stereocenters. The zero-order valence-corrected chi connectivity index (χ0v) is 26.8. The summed E-state index contributed by atoms with van der Waals surface area (Å²) in [6.07, 6.45) is 0.761. The van der Waals surface area contributed by atoms with Crippen LogP contribution in [0.1, 0.15) is 61.9 Å². The summed E-state index contributed by atoms with van der Waals surface area (Å²) in [4.78, 5) is 32.2. The van der Waals surface area contributed by atoms with E-state index in [0.717, 1.165) is 30.3 Å². The number of thiazole rings is 1. The molecular formula is C31H40F3N7O3S. The Morgan fingerprint density at radius 2 is 1.93 bits per heavy atom. The number of halogens is 3. The van der Waals surface area contributed by atoms with Gasteiger partial charge < -0.3 is 25.0 Å². The van der Waals surface area contributed by atoms with Crippen LogP contribution in [0, 0.1) is 5.92 Å². The number of aromatic nitrogens is 3. The first kappa shape index (κ1) is 32.9. The molecule has 2 saturated heterocycles. The van der Waals surface area contributed by atoms with Gasteiger partial charge in [0.2, 0.25) is 0 Å². The van der Waals surface area contributed by atoms with Gasteiger partial charge in [-0.25, -0.2) is 9.97 Å². The summed E-state index contributed by atoms with van der Waals surface area (Å²) in [7, 11) is 3.17. The van der Waals surface area contributed by atoms with Crippen molar-refractivity contribution in [3.8, 4) is 11.3 Å². The molecule has 10 nitrogen and oxygen atoms in total. The molecule has 244 valence electrons. The Kier molecular flexibility index (Phi) is 10.1. The van der Waals surface area contributed by atoms with Gasteiger partial charge in [-0.3, -0.25) is 14.7 Å². The maximum atomic E-state index is 14.0. The van der Waals surface area contributed by atoms with Crippen molar-refractivity contribution >= 4 is 33.9 Å². The third-order valence-electron chi connectivity index (χ3n) is 8.43. The van der Waals surface area contributed by atoms with Crippen LogP contribution in [0.25, 0.3) is 11.3 Å². The number of nitrogens with one attached hydrogen (secondary N) is 1. The van der Waals surface area contributed by atoms with Crippen LogP contribution in [0.4, 0.5) is 29.8 Å². The number of esters is 1. The molecule has 2 aliphatic heterocycles. The van der Waals surface area contributed by atoms with Crippen LogP contribution in [0.5, 0.6) is 0 Å². The number of carbonyl (C=O) groups is 1. The van der Waals surface area contributed by atoms with Gasteiger partial charge >= 0.3 is 12.1 Å². The maximum absolute atomic E-state index is 14.0. The first-order valence-corrected chi connectivity index (χ1v) is 16.1. The van der Waals surface area contributed by atoms with Crippen molar-refractivity contribution in [2.45, 2.75) is 64.5 Å². The molecule has 2 aromatic heterocycles. The van der Waals surface area contributed by atoms with Crippen molar-refractivity contribution in [2.75, 3.05) is 55.5 Å². The smallest absolute Gasteiger partial charge is 0.418 e. The molecule has 0 aliphatic carbocycles. The van der Waals surface area contributed by atoms with Gasteiger partial charge in [-0.1, -0.05) is 6.07 Å². The van der Waals surface area contributed by atoms with Gasteiger partial charge in [-0.05, 0) is 58.2 Å². The van der Waals surface area contributed by atoms with E-state index in [0.29, 0.717) is 67.3 Å². The summed E-state index contributed by atoms with van der Waals surface area (Å²) >= 11 is 1.31. The third kappa shape index (κ3) is 7.67. The summed E-state index contributed by atoms with van der Waals surface area (Å²) < 4.78 is 47.3. The average Bonchev–Trinajstić information content (AvgIpc) is 3.61. The Morgan fingerprint density at radius 3 is 2.53 bits per heavy atom. The van der Waals surface area contributed by atoms with E-state index in [4.69, 9.17) is 4.74 Å². The predicted molar refractivity (Wildman–Crippen MR) is 168 cm³/mol. The largest absolute Gasteiger partial charge is 0.466 e. The highest BCUT2D eigenvalue weighted by atomic mass is 32.1. The number of likely N-dealkylation sites (tertiary alicyclic amines) is 1. The normalized spacial score (nSPS) is 18.7. The fraction of sp³-hybridized carbons (Fsp3) is 0.548. The van der Waals surface area contributed by atoms with Crippen LogP contribution in [-0.2, 0) is 22.3 Å². The topological polar surface area (TPSA) is 107 Å². The van der Waals surface area contributed by atoms with Crippen LogP contribution in [0.15, 0.2) is 30.6 Å². The van der Waals surface area contributed by atoms with Crippen LogP contribution in [0.3, 0.4) is 0 Å². The summed E-state index contributed by atoms with van der Waals surface area (Å²) in [5.74, 6) is 0.364. The molecule has 14 heteroatoms. The number of rotatable bonds is 10. The summed E-state index contributed by atoms with van der Waals surface area (Å²) in [6, 6.07) is 4.64. The van der Waals surface area contributed by atoms with Crippen LogP contribution in [-0.4, -0.2) is 77.3 Å². The number of ether oxygens (including phenoxy) is 1. The maximum Gasteiger partial charge on any atom is 0.418 e. The second-order valence-corrected chi connectivity index (χ2v) is 12.8. The Hall–Kier alpha value is -3.49. The van der Waals surface area contributed by atoms with Gasteiger partial charge in [0.1, 0.15) is 11.5 Å². The van der Waals surface area contributed by atoms with Gasteiger partial charge in [-0.15, -0.1) is 11.3 Å². The van der Waals surface area contributed by atoms with Gasteiger partial charge in [0.05, 0.1) is 36.2 Å². The highest BCUT2D eigenvalue weighted by molar-refractivity contribution is 7.16. The standard InChI is InChI=1S/C31H40F3N7O3S/c1-5-44-29(43)20-10-13-40(14-11-20)26-17-35-23(16-36-26)28(42)38-30-37-27(25(45-30)18-41-12-6-7-19(41)2)21-8-9-24(39(3)4)22(15-21)31(32,33)34/h8-9,15-17,19-20,28,42H,5-7,10-14,18H2,1-4H3,(H,37,38)/t19-,28?/m1/s1. The van der Waals surface area contributed by atoms with Crippen molar-refractivity contribution in [2.24, 2.45) is 5.92 Å². The van der Waals surface area contributed by atoms with Gasteiger partial charge in [0.15, 0.2) is 11.4 Å². The number of hydrogen-bond acceptors (Lipinski definition) is 11. The van der Waals surface area contributed by atoms with E-state index in [9.17, 15) is 23.1 Å². The quantitative estimate of drug-likeness (QED) is 0.215. The number of anilines is 3. The lowest BCUT2D eigenvalue weighted by atomic mass is 9.97. The molecule has 5 rings (SSSR count). The Labute approximate surface area is 265 Å². The van der Waals surface area contributed by atoms with Crippen molar-refractivity contribution in [3.05, 3.63) is 46.7 Å². The predicted octanol–water partition coefficient (Wildman–Crippen LogP) is 5.55. The molecule has 0 radical (unpaired) electrons. The van der Waals surface area contributed by atoms with Gasteiger partial charge in [0.25, 0.3) is 0 Å². The molecule has 2 N–H and O–H groups in total. The van der Waals surface area contributed by atoms with Gasteiger partial charge in [-0.2, -0.15) is 13.2 Å². The van der Waals surface area contributed by atoms with Crippen LogP contribution in [0.2, 0.25) is 0 Å². The van der Waals surface area contributed by atoms with E-state index in [1.165, 1.54) is 28.5 Å². The molecule has 2 atom stereocenters. The number of benzene rings is 1. The molecule has 3 aromatic rings. The fourth-order valence-electron chi connectivity index (χ4n) is 5.89. The molecule has 45 heavy (non-hydrogen) atoms. The summed E-state index contributed by atoms with van der Waals surface area (Å²) in [6.45, 7) is 7.05. The van der Waals surface area contributed by atoms with E-state index in [1.807, 2.05) is 4.90 Å².